The van der Waals surface area contributed by atoms with Crippen LogP contribution in [0, 0.1) is 11.3 Å². The van der Waals surface area contributed by atoms with Crippen molar-refractivity contribution >= 4 is 27.1 Å². The van der Waals surface area contributed by atoms with Crippen LogP contribution in [-0.2, 0) is 10.0 Å². The van der Waals surface area contributed by atoms with Crippen molar-refractivity contribution in [2.75, 3.05) is 10.0 Å². The highest BCUT2D eigenvalue weighted by atomic mass is 32.2. The molecule has 0 spiro atoms. The summed E-state index contributed by atoms with van der Waals surface area (Å²) in [4.78, 5) is 0.208. The van der Waals surface area contributed by atoms with E-state index in [0.717, 1.165) is 5.69 Å². The predicted molar refractivity (Wildman–Crippen MR) is 98.1 cm³/mol. The Morgan fingerprint density at radius 3 is 2.04 bits per heavy atom. The number of sulfonamides is 1. The van der Waals surface area contributed by atoms with Crippen molar-refractivity contribution in [1.82, 2.24) is 0 Å². The van der Waals surface area contributed by atoms with E-state index < -0.39 is 10.0 Å². The summed E-state index contributed by atoms with van der Waals surface area (Å²) in [5.41, 5.74) is 2.45. The Hall–Kier alpha value is -3.30. The van der Waals surface area contributed by atoms with Gasteiger partial charge in [0.15, 0.2) is 0 Å². The normalized spacial score (nSPS) is 10.7. The molecule has 0 aliphatic carbocycles. The van der Waals surface area contributed by atoms with Gasteiger partial charge in [-0.3, -0.25) is 4.72 Å². The van der Waals surface area contributed by atoms with Crippen LogP contribution in [0.5, 0.6) is 0 Å². The van der Waals surface area contributed by atoms with Gasteiger partial charge in [0.2, 0.25) is 0 Å². The molecule has 0 saturated heterocycles. The third-order valence-electron chi connectivity index (χ3n) is 3.52. The van der Waals surface area contributed by atoms with Gasteiger partial charge in [0.25, 0.3) is 10.0 Å². The zero-order chi connectivity index (χ0) is 17.7. The highest BCUT2D eigenvalue weighted by Gasteiger charge is 2.13. The minimum atomic E-state index is -3.61. The van der Waals surface area contributed by atoms with Crippen molar-refractivity contribution < 1.29 is 8.42 Å². The summed E-state index contributed by atoms with van der Waals surface area (Å²) >= 11 is 0. The Bertz CT molecular complexity index is 1010. The summed E-state index contributed by atoms with van der Waals surface area (Å²) in [7, 11) is -3.61. The van der Waals surface area contributed by atoms with Gasteiger partial charge in [-0.25, -0.2) is 8.42 Å². The predicted octanol–water partition coefficient (Wildman–Crippen LogP) is 4.10. The highest BCUT2D eigenvalue weighted by molar-refractivity contribution is 7.92. The number of para-hydroxylation sites is 1. The number of nitrogens with zero attached hydrogens (tertiary/aromatic N) is 1. The monoisotopic (exact) mass is 349 g/mol. The first-order valence-corrected chi connectivity index (χ1v) is 9.01. The maximum atomic E-state index is 12.3. The van der Waals surface area contributed by atoms with Crippen LogP contribution in [0.25, 0.3) is 0 Å². The topological polar surface area (TPSA) is 82.0 Å². The lowest BCUT2D eigenvalue weighted by molar-refractivity contribution is 0.601. The Labute approximate surface area is 146 Å². The molecule has 0 fully saturated rings. The molecule has 0 bridgehead atoms. The van der Waals surface area contributed by atoms with Crippen molar-refractivity contribution in [3.8, 4) is 6.07 Å². The van der Waals surface area contributed by atoms with Crippen molar-refractivity contribution in [2.24, 2.45) is 0 Å². The lowest BCUT2D eigenvalue weighted by atomic mass is 10.2. The van der Waals surface area contributed by atoms with Gasteiger partial charge in [0.05, 0.1) is 16.1 Å². The molecule has 124 valence electrons. The minimum Gasteiger partial charge on any atom is -0.354 e. The smallest absolute Gasteiger partial charge is 0.261 e. The molecule has 0 atom stereocenters. The van der Waals surface area contributed by atoms with Gasteiger partial charge < -0.3 is 5.32 Å². The Morgan fingerprint density at radius 2 is 1.36 bits per heavy atom. The van der Waals surface area contributed by atoms with Crippen molar-refractivity contribution in [1.29, 1.82) is 5.26 Å². The second kappa shape index (κ2) is 7.07. The van der Waals surface area contributed by atoms with Gasteiger partial charge >= 0.3 is 0 Å². The van der Waals surface area contributed by atoms with E-state index in [1.165, 1.54) is 12.1 Å². The molecule has 5 nitrogen and oxygen atoms in total. The molecule has 0 heterocycles. The molecule has 3 rings (SSSR count). The molecular weight excluding hydrogens is 334 g/mol. The molecule has 3 aromatic carbocycles. The van der Waals surface area contributed by atoms with Gasteiger partial charge in [-0.2, -0.15) is 5.26 Å². The van der Waals surface area contributed by atoms with Crippen LogP contribution in [0.2, 0.25) is 0 Å². The number of nitrogens with one attached hydrogen (secondary N) is 2. The molecule has 6 heteroatoms. The van der Waals surface area contributed by atoms with Gasteiger partial charge in [0, 0.05) is 11.4 Å². The van der Waals surface area contributed by atoms with Crippen LogP contribution in [-0.4, -0.2) is 8.42 Å². The standard InChI is InChI=1S/C19H15N3O2S/c20-14-15-6-4-5-9-19(15)21-16-10-12-17(13-11-16)22-25(23,24)18-7-2-1-3-8-18/h1-13,21-22H. The molecule has 0 radical (unpaired) electrons. The SMILES string of the molecule is N#Cc1ccccc1Nc1ccc(NS(=O)(=O)c2ccccc2)cc1. The molecule has 0 aliphatic heterocycles. The van der Waals surface area contributed by atoms with Crippen molar-refractivity contribution in [3.05, 3.63) is 84.4 Å². The summed E-state index contributed by atoms with van der Waals surface area (Å²) in [6.45, 7) is 0. The van der Waals surface area contributed by atoms with E-state index in [-0.39, 0.29) is 4.90 Å². The second-order valence-electron chi connectivity index (χ2n) is 5.28. The van der Waals surface area contributed by atoms with E-state index in [2.05, 4.69) is 16.1 Å². The van der Waals surface area contributed by atoms with Gasteiger partial charge in [-0.15, -0.1) is 0 Å². The summed E-state index contributed by atoms with van der Waals surface area (Å²) < 4.78 is 27.1. The number of nitriles is 1. The number of rotatable bonds is 5. The highest BCUT2D eigenvalue weighted by Crippen LogP contribution is 2.23. The van der Waals surface area contributed by atoms with E-state index in [1.54, 1.807) is 54.6 Å². The van der Waals surface area contributed by atoms with Gasteiger partial charge in [-0.1, -0.05) is 30.3 Å². The quantitative estimate of drug-likeness (QED) is 0.726. The van der Waals surface area contributed by atoms with Crippen LogP contribution in [0.15, 0.2) is 83.8 Å². The minimum absolute atomic E-state index is 0.208. The Balaban J connectivity index is 1.76. The molecule has 0 amide bonds. The fourth-order valence-corrected chi connectivity index (χ4v) is 3.36. The van der Waals surface area contributed by atoms with E-state index in [1.807, 2.05) is 12.1 Å². The number of hydrogen-bond acceptors (Lipinski definition) is 4. The van der Waals surface area contributed by atoms with E-state index >= 15 is 0 Å². The third kappa shape index (κ3) is 3.97. The molecule has 25 heavy (non-hydrogen) atoms. The fourth-order valence-electron chi connectivity index (χ4n) is 2.28. The first-order chi connectivity index (χ1) is 12.1. The fraction of sp³-hybridized carbons (Fsp3) is 0. The lowest BCUT2D eigenvalue weighted by Gasteiger charge is -2.11. The molecule has 0 saturated carbocycles. The second-order valence-corrected chi connectivity index (χ2v) is 6.96. The summed E-state index contributed by atoms with van der Waals surface area (Å²) in [6.07, 6.45) is 0. The van der Waals surface area contributed by atoms with Gasteiger partial charge in [0.1, 0.15) is 6.07 Å². The molecule has 3 aromatic rings. The lowest BCUT2D eigenvalue weighted by Crippen LogP contribution is -2.12. The largest absolute Gasteiger partial charge is 0.354 e. The number of hydrogen-bond donors (Lipinski definition) is 2. The van der Waals surface area contributed by atoms with Crippen LogP contribution in [0.1, 0.15) is 5.56 Å². The van der Waals surface area contributed by atoms with Crippen LogP contribution >= 0.6 is 0 Å². The number of anilines is 3. The maximum Gasteiger partial charge on any atom is 0.261 e. The first kappa shape index (κ1) is 16.6. The molecule has 0 unspecified atom stereocenters. The van der Waals surface area contributed by atoms with Crippen LogP contribution in [0.4, 0.5) is 17.1 Å². The van der Waals surface area contributed by atoms with Crippen LogP contribution in [0.3, 0.4) is 0 Å². The summed E-state index contributed by atoms with van der Waals surface area (Å²) in [5.74, 6) is 0. The average molecular weight is 349 g/mol. The zero-order valence-electron chi connectivity index (χ0n) is 13.2. The maximum absolute atomic E-state index is 12.3. The first-order valence-electron chi connectivity index (χ1n) is 7.52. The van der Waals surface area contributed by atoms with Crippen LogP contribution < -0.4 is 10.0 Å². The molecular formula is C19H15N3O2S. The molecule has 0 aliphatic rings. The third-order valence-corrected chi connectivity index (χ3v) is 4.91. The van der Waals surface area contributed by atoms with E-state index in [9.17, 15) is 8.42 Å². The summed E-state index contributed by atoms with van der Waals surface area (Å²) in [5, 5.41) is 12.3. The molecule has 0 aromatic heterocycles. The number of benzene rings is 3. The van der Waals surface area contributed by atoms with Crippen molar-refractivity contribution in [3.63, 3.8) is 0 Å². The van der Waals surface area contributed by atoms with E-state index in [4.69, 9.17) is 5.26 Å². The van der Waals surface area contributed by atoms with E-state index in [0.29, 0.717) is 16.9 Å². The average Bonchev–Trinajstić information content (AvgIpc) is 2.64. The van der Waals surface area contributed by atoms with Gasteiger partial charge in [-0.05, 0) is 48.5 Å². The zero-order valence-corrected chi connectivity index (χ0v) is 14.0. The summed E-state index contributed by atoms with van der Waals surface area (Å²) in [6, 6.07) is 24.3. The Kier molecular flexibility index (Phi) is 4.68. The van der Waals surface area contributed by atoms with Crippen molar-refractivity contribution in [2.45, 2.75) is 4.90 Å². The Morgan fingerprint density at radius 1 is 0.760 bits per heavy atom. The molecule has 2 N–H and O–H groups in total.